The number of aliphatic hydroxyl groups is 1. The van der Waals surface area contributed by atoms with Gasteiger partial charge in [0.1, 0.15) is 6.07 Å². The predicted octanol–water partition coefficient (Wildman–Crippen LogP) is 2.44. The van der Waals surface area contributed by atoms with E-state index in [0.29, 0.717) is 0 Å². The Balaban J connectivity index is 2.48. The van der Waals surface area contributed by atoms with Crippen LogP contribution in [-0.4, -0.2) is 18.3 Å². The molecule has 0 spiro atoms. The minimum absolute atomic E-state index is 0.258. The molecule has 16 heavy (non-hydrogen) atoms. The molecule has 1 rings (SSSR count). The van der Waals surface area contributed by atoms with Crippen molar-refractivity contribution in [3.8, 4) is 6.07 Å². The molecule has 0 amide bonds. The van der Waals surface area contributed by atoms with Gasteiger partial charge in [0, 0.05) is 13.2 Å². The highest BCUT2D eigenvalue weighted by Gasteiger charge is 2.03. The van der Waals surface area contributed by atoms with Gasteiger partial charge in [-0.1, -0.05) is 12.1 Å². The molecule has 0 aliphatic rings. The van der Waals surface area contributed by atoms with E-state index in [1.54, 1.807) is 0 Å². The molecule has 1 aromatic carbocycles. The van der Waals surface area contributed by atoms with E-state index >= 15 is 0 Å². The topological polar surface area (TPSA) is 56.0 Å². The lowest BCUT2D eigenvalue weighted by molar-refractivity contribution is 0.283. The van der Waals surface area contributed by atoms with Crippen molar-refractivity contribution in [2.45, 2.75) is 26.2 Å². The van der Waals surface area contributed by atoms with Gasteiger partial charge in [0.25, 0.3) is 0 Å². The van der Waals surface area contributed by atoms with Crippen molar-refractivity contribution in [3.63, 3.8) is 0 Å². The molecule has 0 saturated carbocycles. The van der Waals surface area contributed by atoms with Crippen molar-refractivity contribution >= 4 is 5.69 Å². The molecule has 0 bridgehead atoms. The Morgan fingerprint density at radius 3 is 2.81 bits per heavy atom. The van der Waals surface area contributed by atoms with Gasteiger partial charge >= 0.3 is 0 Å². The number of hydrogen-bond donors (Lipinski definition) is 2. The van der Waals surface area contributed by atoms with E-state index in [2.05, 4.69) is 11.4 Å². The summed E-state index contributed by atoms with van der Waals surface area (Å²) in [7, 11) is 0. The summed E-state index contributed by atoms with van der Waals surface area (Å²) in [5, 5.41) is 20.9. The summed E-state index contributed by atoms with van der Waals surface area (Å²) < 4.78 is 0. The summed E-state index contributed by atoms with van der Waals surface area (Å²) in [6, 6.07) is 8.03. The first-order chi connectivity index (χ1) is 7.79. The predicted molar refractivity (Wildman–Crippen MR) is 65.3 cm³/mol. The highest BCUT2D eigenvalue weighted by molar-refractivity contribution is 5.60. The lowest BCUT2D eigenvalue weighted by atomic mass is 10.1. The third-order valence-corrected chi connectivity index (χ3v) is 2.53. The average Bonchev–Trinajstić information content (AvgIpc) is 2.29. The lowest BCUT2D eigenvalue weighted by Crippen LogP contribution is -2.04. The highest BCUT2D eigenvalue weighted by Crippen LogP contribution is 2.18. The molecule has 2 N–H and O–H groups in total. The van der Waals surface area contributed by atoms with E-state index in [1.165, 1.54) is 0 Å². The molecule has 0 aliphatic heterocycles. The smallest absolute Gasteiger partial charge is 0.102 e. The van der Waals surface area contributed by atoms with Crippen LogP contribution in [0.1, 0.15) is 30.4 Å². The van der Waals surface area contributed by atoms with E-state index in [-0.39, 0.29) is 6.61 Å². The molecular weight excluding hydrogens is 200 g/mol. The molecule has 3 nitrogen and oxygen atoms in total. The van der Waals surface area contributed by atoms with Crippen LogP contribution in [0.2, 0.25) is 0 Å². The maximum atomic E-state index is 9.02. The van der Waals surface area contributed by atoms with Crippen molar-refractivity contribution in [3.05, 3.63) is 29.3 Å². The average molecular weight is 218 g/mol. The second-order valence-electron chi connectivity index (χ2n) is 3.82. The Hall–Kier alpha value is -1.53. The van der Waals surface area contributed by atoms with Gasteiger partial charge in [-0.25, -0.2) is 0 Å². The first-order valence-electron chi connectivity index (χ1n) is 5.64. The molecule has 86 valence electrons. The second-order valence-corrected chi connectivity index (χ2v) is 3.82. The van der Waals surface area contributed by atoms with Gasteiger partial charge in [-0.15, -0.1) is 0 Å². The van der Waals surface area contributed by atoms with Gasteiger partial charge in [-0.05, 0) is 37.8 Å². The maximum absolute atomic E-state index is 9.02. The molecule has 0 saturated heterocycles. The summed E-state index contributed by atoms with van der Waals surface area (Å²) >= 11 is 0. The van der Waals surface area contributed by atoms with Gasteiger partial charge in [0.15, 0.2) is 0 Å². The summed E-state index contributed by atoms with van der Waals surface area (Å²) in [5.74, 6) is 0. The van der Waals surface area contributed by atoms with E-state index < -0.39 is 0 Å². The molecule has 0 fully saturated rings. The van der Waals surface area contributed by atoms with E-state index in [4.69, 9.17) is 10.4 Å². The van der Waals surface area contributed by atoms with Crippen LogP contribution in [0.15, 0.2) is 18.2 Å². The maximum Gasteiger partial charge on any atom is 0.102 e. The Morgan fingerprint density at radius 1 is 1.31 bits per heavy atom. The van der Waals surface area contributed by atoms with Crippen molar-refractivity contribution in [1.82, 2.24) is 0 Å². The van der Waals surface area contributed by atoms with Crippen molar-refractivity contribution in [1.29, 1.82) is 5.26 Å². The normalized spacial score (nSPS) is 9.81. The second kappa shape index (κ2) is 6.86. The zero-order chi connectivity index (χ0) is 11.8. The Bertz CT molecular complexity index is 369. The van der Waals surface area contributed by atoms with Crippen LogP contribution < -0.4 is 5.32 Å². The number of nitrogens with one attached hydrogen (secondary N) is 1. The zero-order valence-corrected chi connectivity index (χ0v) is 9.66. The van der Waals surface area contributed by atoms with Gasteiger partial charge < -0.3 is 10.4 Å². The fourth-order valence-electron chi connectivity index (χ4n) is 1.60. The number of nitrogens with zero attached hydrogens (tertiary/aromatic N) is 1. The Morgan fingerprint density at radius 2 is 2.12 bits per heavy atom. The van der Waals surface area contributed by atoms with Crippen molar-refractivity contribution < 1.29 is 5.11 Å². The van der Waals surface area contributed by atoms with Crippen LogP contribution in [0.4, 0.5) is 5.69 Å². The molecular formula is C13H18N2O. The fourth-order valence-corrected chi connectivity index (χ4v) is 1.60. The van der Waals surface area contributed by atoms with E-state index in [9.17, 15) is 0 Å². The third kappa shape index (κ3) is 3.56. The third-order valence-electron chi connectivity index (χ3n) is 2.53. The summed E-state index contributed by atoms with van der Waals surface area (Å²) in [5.41, 5.74) is 2.64. The highest BCUT2D eigenvalue weighted by atomic mass is 16.2. The van der Waals surface area contributed by atoms with Crippen LogP contribution in [0, 0.1) is 18.3 Å². The lowest BCUT2D eigenvalue weighted by Gasteiger charge is -2.09. The quantitative estimate of drug-likeness (QED) is 0.721. The number of benzene rings is 1. The standard InChI is InChI=1S/C13H18N2O/c1-11-6-5-7-13(12(11)10-14)15-8-3-2-4-9-16/h5-7,15-16H,2-4,8-9H2,1H3. The van der Waals surface area contributed by atoms with Crippen LogP contribution in [0.25, 0.3) is 0 Å². The number of aliphatic hydroxyl groups excluding tert-OH is 1. The monoisotopic (exact) mass is 218 g/mol. The van der Waals surface area contributed by atoms with Crippen LogP contribution in [-0.2, 0) is 0 Å². The minimum atomic E-state index is 0.258. The van der Waals surface area contributed by atoms with Crippen LogP contribution >= 0.6 is 0 Å². The largest absolute Gasteiger partial charge is 0.396 e. The molecule has 0 unspecified atom stereocenters. The zero-order valence-electron chi connectivity index (χ0n) is 9.66. The first-order valence-corrected chi connectivity index (χ1v) is 5.64. The molecule has 0 radical (unpaired) electrons. The molecule has 0 aliphatic carbocycles. The molecule has 0 atom stereocenters. The Labute approximate surface area is 96.7 Å². The van der Waals surface area contributed by atoms with Crippen molar-refractivity contribution in [2.75, 3.05) is 18.5 Å². The van der Waals surface area contributed by atoms with Crippen molar-refractivity contribution in [2.24, 2.45) is 0 Å². The number of hydrogen-bond acceptors (Lipinski definition) is 3. The van der Waals surface area contributed by atoms with Crippen LogP contribution in [0.5, 0.6) is 0 Å². The number of rotatable bonds is 6. The molecule has 0 aromatic heterocycles. The van der Waals surface area contributed by atoms with E-state index in [0.717, 1.165) is 42.6 Å². The number of unbranched alkanes of at least 4 members (excludes halogenated alkanes) is 2. The number of aryl methyl sites for hydroxylation is 1. The number of nitriles is 1. The van der Waals surface area contributed by atoms with Gasteiger partial charge in [-0.3, -0.25) is 0 Å². The SMILES string of the molecule is Cc1cccc(NCCCCCO)c1C#N. The van der Waals surface area contributed by atoms with Gasteiger partial charge in [0.2, 0.25) is 0 Å². The molecule has 3 heteroatoms. The summed E-state index contributed by atoms with van der Waals surface area (Å²) in [6.07, 6.45) is 2.87. The van der Waals surface area contributed by atoms with Crippen LogP contribution in [0.3, 0.4) is 0 Å². The van der Waals surface area contributed by atoms with Gasteiger partial charge in [0.05, 0.1) is 11.3 Å². The minimum Gasteiger partial charge on any atom is -0.396 e. The van der Waals surface area contributed by atoms with Gasteiger partial charge in [-0.2, -0.15) is 5.26 Å². The van der Waals surface area contributed by atoms with E-state index in [1.807, 2.05) is 25.1 Å². The Kier molecular flexibility index (Phi) is 5.38. The fraction of sp³-hybridized carbons (Fsp3) is 0.462. The first kappa shape index (κ1) is 12.5. The molecule has 1 aromatic rings. The summed E-state index contributed by atoms with van der Waals surface area (Å²) in [6.45, 7) is 3.04. The molecule has 0 heterocycles. The number of anilines is 1. The summed E-state index contributed by atoms with van der Waals surface area (Å²) in [4.78, 5) is 0.